The van der Waals surface area contributed by atoms with E-state index in [2.05, 4.69) is 33.5 Å². The van der Waals surface area contributed by atoms with E-state index in [-0.39, 0.29) is 11.6 Å². The molecule has 2 aromatic heterocycles. The summed E-state index contributed by atoms with van der Waals surface area (Å²) in [4.78, 5) is 26.1. The van der Waals surface area contributed by atoms with E-state index in [1.165, 1.54) is 17.8 Å². The number of nitrogens with zero attached hydrogens (tertiary/aromatic N) is 4. The van der Waals surface area contributed by atoms with Crippen LogP contribution in [0.25, 0.3) is 22.3 Å². The average Bonchev–Trinajstić information content (AvgIpc) is 3.42. The SMILES string of the molecule is CCC1=C(C)N=c2c(c(C#[N+]C)c(-c3ccc(C(=O)NC(C)C(F)(F)F)cn3)n2C2CCCC2)=CC1. The van der Waals surface area contributed by atoms with E-state index in [1.807, 2.05) is 12.2 Å². The lowest BCUT2D eigenvalue weighted by Crippen LogP contribution is -2.43. The first-order chi connectivity index (χ1) is 17.2. The maximum atomic E-state index is 12.9. The molecule has 6 nitrogen and oxygen atoms in total. The molecule has 190 valence electrons. The summed E-state index contributed by atoms with van der Waals surface area (Å²) in [7, 11) is 1.67. The molecule has 0 spiro atoms. The zero-order valence-electron chi connectivity index (χ0n) is 21.0. The van der Waals surface area contributed by atoms with Crippen LogP contribution in [0.3, 0.4) is 0 Å². The minimum Gasteiger partial charge on any atom is -0.340 e. The highest BCUT2D eigenvalue weighted by molar-refractivity contribution is 5.94. The van der Waals surface area contributed by atoms with Crippen molar-refractivity contribution in [1.29, 1.82) is 0 Å². The third-order valence-electron chi connectivity index (χ3n) is 7.00. The molecule has 1 saturated carbocycles. The molecule has 1 atom stereocenters. The van der Waals surface area contributed by atoms with Crippen molar-refractivity contribution in [3.05, 3.63) is 56.3 Å². The van der Waals surface area contributed by atoms with E-state index in [4.69, 9.17) is 4.99 Å². The smallest absolute Gasteiger partial charge is 0.340 e. The molecule has 1 aliphatic carbocycles. The molecule has 1 N–H and O–H groups in total. The van der Waals surface area contributed by atoms with Crippen LogP contribution in [0.1, 0.15) is 81.3 Å². The number of carbonyl (C=O) groups is 1. The summed E-state index contributed by atoms with van der Waals surface area (Å²) in [6.07, 6.45) is 4.98. The van der Waals surface area contributed by atoms with E-state index in [0.29, 0.717) is 5.69 Å². The summed E-state index contributed by atoms with van der Waals surface area (Å²) in [5, 5.41) is 2.95. The Morgan fingerprint density at radius 1 is 1.31 bits per heavy atom. The van der Waals surface area contributed by atoms with Gasteiger partial charge in [-0.2, -0.15) is 13.2 Å². The molecule has 1 amide bonds. The molecule has 3 heterocycles. The van der Waals surface area contributed by atoms with E-state index in [9.17, 15) is 18.0 Å². The summed E-state index contributed by atoms with van der Waals surface area (Å²) < 4.78 is 40.9. The lowest BCUT2D eigenvalue weighted by atomic mass is 10.1. The number of fused-ring (bicyclic) bond motifs is 1. The number of aromatic nitrogens is 2. The van der Waals surface area contributed by atoms with Gasteiger partial charge in [0.15, 0.2) is 0 Å². The predicted molar refractivity (Wildman–Crippen MR) is 133 cm³/mol. The first-order valence-electron chi connectivity index (χ1n) is 12.4. The molecule has 0 saturated heterocycles. The first-order valence-corrected chi connectivity index (χ1v) is 12.4. The molecule has 0 radical (unpaired) electrons. The quantitative estimate of drug-likeness (QED) is 0.620. The molecule has 2 aliphatic rings. The van der Waals surface area contributed by atoms with Crippen molar-refractivity contribution in [1.82, 2.24) is 14.9 Å². The Morgan fingerprint density at radius 3 is 2.61 bits per heavy atom. The van der Waals surface area contributed by atoms with E-state index >= 15 is 0 Å². The van der Waals surface area contributed by atoms with Crippen LogP contribution in [0.5, 0.6) is 0 Å². The van der Waals surface area contributed by atoms with Gasteiger partial charge < -0.3 is 9.88 Å². The van der Waals surface area contributed by atoms with Gasteiger partial charge in [-0.25, -0.2) is 4.99 Å². The number of carbonyl (C=O) groups excluding carboxylic acids is 1. The number of hydrogen-bond acceptors (Lipinski definition) is 3. The zero-order valence-corrected chi connectivity index (χ0v) is 21.0. The Labute approximate surface area is 208 Å². The molecular formula is C27H31F3N5O+. The van der Waals surface area contributed by atoms with Crippen molar-refractivity contribution in [3.63, 3.8) is 0 Å². The van der Waals surface area contributed by atoms with E-state index < -0.39 is 18.1 Å². The van der Waals surface area contributed by atoms with Crippen LogP contribution < -0.4 is 16.0 Å². The molecule has 0 bridgehead atoms. The topological polar surface area (TPSA) is 63.6 Å². The second-order valence-electron chi connectivity index (χ2n) is 9.34. The van der Waals surface area contributed by atoms with Crippen LogP contribution >= 0.6 is 0 Å². The predicted octanol–water partition coefficient (Wildman–Crippen LogP) is 5.14. The van der Waals surface area contributed by atoms with Gasteiger partial charge in [0.05, 0.1) is 17.0 Å². The number of halogens is 3. The molecule has 36 heavy (non-hydrogen) atoms. The third kappa shape index (κ3) is 4.95. The fourth-order valence-corrected chi connectivity index (χ4v) is 4.94. The summed E-state index contributed by atoms with van der Waals surface area (Å²) in [5.74, 6) is -0.820. The van der Waals surface area contributed by atoms with Gasteiger partial charge >= 0.3 is 12.2 Å². The number of hydrogen-bond donors (Lipinski definition) is 1. The largest absolute Gasteiger partial charge is 0.408 e. The number of allylic oxidation sites excluding steroid dienone is 2. The Morgan fingerprint density at radius 2 is 2.03 bits per heavy atom. The van der Waals surface area contributed by atoms with E-state index in [0.717, 1.165) is 73.1 Å². The van der Waals surface area contributed by atoms with Gasteiger partial charge in [-0.05, 0) is 57.2 Å². The third-order valence-corrected chi connectivity index (χ3v) is 7.00. The van der Waals surface area contributed by atoms with Crippen LogP contribution in [0.15, 0.2) is 34.6 Å². The van der Waals surface area contributed by atoms with Gasteiger partial charge in [0.25, 0.3) is 13.0 Å². The van der Waals surface area contributed by atoms with Crippen molar-refractivity contribution < 1.29 is 18.0 Å². The number of pyridine rings is 1. The Hall–Kier alpha value is -3.41. The van der Waals surface area contributed by atoms with Crippen LogP contribution in [0, 0.1) is 6.07 Å². The fourth-order valence-electron chi connectivity index (χ4n) is 4.94. The van der Waals surface area contributed by atoms with Gasteiger partial charge in [0.1, 0.15) is 17.1 Å². The maximum absolute atomic E-state index is 12.9. The average molecular weight is 499 g/mol. The summed E-state index contributed by atoms with van der Waals surface area (Å²) in [6.45, 7) is 5.08. The standard InChI is InChI=1S/C27H30F3N5O/c1-5-18-10-12-21-22(15-31-4)24(35(20-8-6-7-9-20)25(21)33-16(18)2)23-13-11-19(14-32-23)26(36)34-17(3)27(28,29)30/h11-14,17,20H,5-10H2,1-4H3/p+1. The van der Waals surface area contributed by atoms with Gasteiger partial charge in [0.2, 0.25) is 0 Å². The highest BCUT2D eigenvalue weighted by atomic mass is 19.4. The number of rotatable bonds is 5. The summed E-state index contributed by atoms with van der Waals surface area (Å²) in [6, 6.07) is 4.62. The first kappa shape index (κ1) is 25.7. The highest BCUT2D eigenvalue weighted by Gasteiger charge is 2.37. The monoisotopic (exact) mass is 498 g/mol. The van der Waals surface area contributed by atoms with Crippen LogP contribution in [0.4, 0.5) is 13.2 Å². The Kier molecular flexibility index (Phi) is 7.34. The minimum atomic E-state index is -4.52. The summed E-state index contributed by atoms with van der Waals surface area (Å²) >= 11 is 0. The molecule has 0 aromatic carbocycles. The van der Waals surface area contributed by atoms with Gasteiger partial charge in [0, 0.05) is 23.2 Å². The maximum Gasteiger partial charge on any atom is 0.408 e. The molecule has 1 fully saturated rings. The van der Waals surface area contributed by atoms with Crippen molar-refractivity contribution in [2.75, 3.05) is 7.05 Å². The van der Waals surface area contributed by atoms with E-state index in [1.54, 1.807) is 13.1 Å². The Bertz CT molecular complexity index is 1370. The lowest BCUT2D eigenvalue weighted by Gasteiger charge is -2.18. The second-order valence-corrected chi connectivity index (χ2v) is 9.34. The number of amides is 1. The fraction of sp³-hybridized carbons (Fsp3) is 0.481. The molecule has 1 aliphatic heterocycles. The zero-order chi connectivity index (χ0) is 26.0. The van der Waals surface area contributed by atoms with Gasteiger partial charge in [-0.15, -0.1) is 0 Å². The normalized spacial score (nSPS) is 16.9. The van der Waals surface area contributed by atoms with Gasteiger partial charge in [-0.3, -0.25) is 9.78 Å². The second kappa shape index (κ2) is 10.3. The van der Waals surface area contributed by atoms with Crippen molar-refractivity contribution >= 4 is 12.0 Å². The van der Waals surface area contributed by atoms with Gasteiger partial charge in [-0.1, -0.05) is 30.7 Å². The molecule has 4 rings (SSSR count). The molecule has 9 heteroatoms. The van der Waals surface area contributed by atoms with Crippen LogP contribution in [-0.2, 0) is 0 Å². The summed E-state index contributed by atoms with van der Waals surface area (Å²) in [5.41, 5.74) is 5.44. The van der Waals surface area contributed by atoms with Crippen molar-refractivity contribution in [2.45, 2.75) is 77.6 Å². The number of alkyl halides is 3. The number of nitrogens with one attached hydrogen (secondary N) is 1. The lowest BCUT2D eigenvalue weighted by molar-refractivity contribution is -0.149. The van der Waals surface area contributed by atoms with Crippen LogP contribution in [0.2, 0.25) is 0 Å². The molecule has 2 aromatic rings. The molecular weight excluding hydrogens is 467 g/mol. The highest BCUT2D eigenvalue weighted by Crippen LogP contribution is 2.33. The van der Waals surface area contributed by atoms with Crippen LogP contribution in [-0.4, -0.2) is 34.7 Å². The molecule has 1 unspecified atom stereocenters. The van der Waals surface area contributed by atoms with Crippen molar-refractivity contribution in [3.8, 4) is 17.5 Å². The van der Waals surface area contributed by atoms with Crippen molar-refractivity contribution in [2.24, 2.45) is 4.99 Å². The Balaban J connectivity index is 1.86. The minimum absolute atomic E-state index is 0.0627.